The molecule has 1 aliphatic heterocycles. The zero-order valence-corrected chi connectivity index (χ0v) is 16.8. The van der Waals surface area contributed by atoms with Crippen LogP contribution in [-0.4, -0.2) is 56.9 Å². The van der Waals surface area contributed by atoms with Gasteiger partial charge in [0.2, 0.25) is 6.21 Å². The first-order valence-corrected chi connectivity index (χ1v) is 9.58. The molecule has 0 amide bonds. The Hall–Kier alpha value is -1.27. The Bertz CT molecular complexity index is 611. The van der Waals surface area contributed by atoms with Gasteiger partial charge in [0.1, 0.15) is 9.07 Å². The van der Waals surface area contributed by atoms with Gasteiger partial charge in [-0.2, -0.15) is 0 Å². The minimum atomic E-state index is -0.167. The van der Waals surface area contributed by atoms with Gasteiger partial charge in [-0.05, 0) is 49.3 Å². The first kappa shape index (κ1) is 19.1. The van der Waals surface area contributed by atoms with E-state index in [9.17, 15) is 5.21 Å². The molecule has 1 saturated heterocycles. The van der Waals surface area contributed by atoms with Crippen molar-refractivity contribution in [1.82, 2.24) is 4.90 Å². The molecule has 4 nitrogen and oxygen atoms in total. The minimum absolute atomic E-state index is 0.157. The van der Waals surface area contributed by atoms with Crippen LogP contribution in [0.4, 0.5) is 5.69 Å². The summed E-state index contributed by atoms with van der Waals surface area (Å²) in [6.07, 6.45) is 3.81. The Morgan fingerprint density at radius 2 is 1.96 bits per heavy atom. The van der Waals surface area contributed by atoms with Crippen LogP contribution in [-0.2, 0) is 0 Å². The van der Waals surface area contributed by atoms with Gasteiger partial charge in [-0.1, -0.05) is 37.3 Å². The molecule has 132 valence electrons. The molecule has 0 spiro atoms. The molecule has 0 aromatic heterocycles. The maximum Gasteiger partial charge on any atom is 0.292 e. The van der Waals surface area contributed by atoms with E-state index in [0.29, 0.717) is 0 Å². The van der Waals surface area contributed by atoms with Crippen molar-refractivity contribution in [2.45, 2.75) is 44.5 Å². The van der Waals surface area contributed by atoms with Crippen molar-refractivity contribution < 1.29 is 9.95 Å². The normalized spacial score (nSPS) is 20.5. The number of hydroxylamine groups is 1. The second-order valence-electron chi connectivity index (χ2n) is 6.89. The molecule has 6 heteroatoms. The van der Waals surface area contributed by atoms with Gasteiger partial charge in [-0.25, -0.2) is 0 Å². The largest absolute Gasteiger partial charge is 0.378 e. The number of anilines is 1. The zero-order valence-electron chi connectivity index (χ0n) is 15.2. The van der Waals surface area contributed by atoms with Crippen molar-refractivity contribution in [3.05, 3.63) is 29.8 Å². The van der Waals surface area contributed by atoms with Crippen LogP contribution >= 0.6 is 24.0 Å². The summed E-state index contributed by atoms with van der Waals surface area (Å²) in [5.74, 6) is 0. The Morgan fingerprint density at radius 1 is 1.33 bits per heavy atom. The average Bonchev–Trinajstić information content (AvgIpc) is 2.74. The number of thioether (sulfide) groups is 1. The van der Waals surface area contributed by atoms with Crippen molar-refractivity contribution in [3.8, 4) is 0 Å². The van der Waals surface area contributed by atoms with Crippen molar-refractivity contribution in [3.63, 3.8) is 0 Å². The van der Waals surface area contributed by atoms with Gasteiger partial charge in [0.25, 0.3) is 6.17 Å². The summed E-state index contributed by atoms with van der Waals surface area (Å²) in [7, 11) is 4.03. The third kappa shape index (κ3) is 4.22. The SMILES string of the molecule is CCCCN1C(=S)SC(C)(C)C1[N+](O)=Cc1ccc(N(C)C)cc1. The van der Waals surface area contributed by atoms with Crippen LogP contribution in [0.25, 0.3) is 0 Å². The molecule has 0 bridgehead atoms. The van der Waals surface area contributed by atoms with Gasteiger partial charge in [0, 0.05) is 31.9 Å². The summed E-state index contributed by atoms with van der Waals surface area (Å²) in [6, 6.07) is 8.13. The summed E-state index contributed by atoms with van der Waals surface area (Å²) in [5, 5.41) is 10.8. The molecule has 1 aliphatic rings. The summed E-state index contributed by atoms with van der Waals surface area (Å²) in [4.78, 5) is 4.20. The highest BCUT2D eigenvalue weighted by Gasteiger charge is 2.52. The fraction of sp³-hybridized carbons (Fsp3) is 0.556. The van der Waals surface area contributed by atoms with Crippen LogP contribution in [0.5, 0.6) is 0 Å². The van der Waals surface area contributed by atoms with Crippen LogP contribution in [0.2, 0.25) is 0 Å². The molecular formula is C18H28N3OS2+. The van der Waals surface area contributed by atoms with E-state index in [1.165, 1.54) is 4.74 Å². The van der Waals surface area contributed by atoms with E-state index < -0.39 is 0 Å². The molecular weight excluding hydrogens is 338 g/mol. The minimum Gasteiger partial charge on any atom is -0.378 e. The molecule has 0 aliphatic carbocycles. The lowest BCUT2D eigenvalue weighted by atomic mass is 10.1. The number of benzene rings is 1. The first-order valence-electron chi connectivity index (χ1n) is 8.35. The first-order chi connectivity index (χ1) is 11.3. The maximum absolute atomic E-state index is 10.8. The molecule has 1 aromatic rings. The molecule has 24 heavy (non-hydrogen) atoms. The molecule has 1 fully saturated rings. The van der Waals surface area contributed by atoms with Gasteiger partial charge < -0.3 is 4.90 Å². The fourth-order valence-electron chi connectivity index (χ4n) is 2.90. The highest BCUT2D eigenvalue weighted by molar-refractivity contribution is 8.24. The summed E-state index contributed by atoms with van der Waals surface area (Å²) < 4.78 is 2.03. The number of rotatable bonds is 6. The number of unbranched alkanes of at least 4 members (excludes halogenated alkanes) is 1. The van der Waals surface area contributed by atoms with Crippen molar-refractivity contribution >= 4 is 40.2 Å². The second kappa shape index (κ2) is 7.74. The van der Waals surface area contributed by atoms with Crippen molar-refractivity contribution in [2.75, 3.05) is 25.5 Å². The lowest BCUT2D eigenvalue weighted by molar-refractivity contribution is -0.808. The van der Waals surface area contributed by atoms with E-state index in [4.69, 9.17) is 12.2 Å². The Balaban J connectivity index is 2.26. The molecule has 1 heterocycles. The van der Waals surface area contributed by atoms with Crippen LogP contribution in [0.1, 0.15) is 39.2 Å². The molecule has 1 unspecified atom stereocenters. The van der Waals surface area contributed by atoms with E-state index in [2.05, 4.69) is 30.6 Å². The summed E-state index contributed by atoms with van der Waals surface area (Å²) in [6.45, 7) is 7.31. The standard InChI is InChI=1S/C18H28N3OS2/c1-6-7-12-20-16(18(2,3)24-17(20)23)21(22)13-14-8-10-15(11-9-14)19(4)5/h8-11,13,16,22H,6-7,12H2,1-5H3/q+1. The highest BCUT2D eigenvalue weighted by atomic mass is 32.2. The Labute approximate surface area is 155 Å². The molecule has 1 atom stereocenters. The average molecular weight is 367 g/mol. The van der Waals surface area contributed by atoms with Gasteiger partial charge in [0.15, 0.2) is 0 Å². The van der Waals surface area contributed by atoms with Gasteiger partial charge >= 0.3 is 0 Å². The monoisotopic (exact) mass is 366 g/mol. The van der Waals surface area contributed by atoms with Gasteiger partial charge in [-0.15, -0.1) is 0 Å². The molecule has 0 radical (unpaired) electrons. The lowest BCUT2D eigenvalue weighted by Gasteiger charge is -2.25. The highest BCUT2D eigenvalue weighted by Crippen LogP contribution is 2.41. The smallest absolute Gasteiger partial charge is 0.292 e. The van der Waals surface area contributed by atoms with Crippen molar-refractivity contribution in [1.29, 1.82) is 0 Å². The number of nitrogens with zero attached hydrogens (tertiary/aromatic N) is 3. The number of hydrogen-bond donors (Lipinski definition) is 1. The Morgan fingerprint density at radius 3 is 2.50 bits per heavy atom. The van der Waals surface area contributed by atoms with Crippen LogP contribution in [0, 0.1) is 0 Å². The third-order valence-electron chi connectivity index (χ3n) is 4.20. The van der Waals surface area contributed by atoms with E-state index >= 15 is 0 Å². The second-order valence-corrected chi connectivity index (χ2v) is 9.18. The number of thiocarbonyl (C=S) groups is 1. The van der Waals surface area contributed by atoms with Crippen molar-refractivity contribution in [2.24, 2.45) is 0 Å². The van der Waals surface area contributed by atoms with Crippen LogP contribution in [0.3, 0.4) is 0 Å². The molecule has 2 rings (SSSR count). The molecule has 1 N–H and O–H groups in total. The topological polar surface area (TPSA) is 29.7 Å². The Kier molecular flexibility index (Phi) is 6.15. The quantitative estimate of drug-likeness (QED) is 0.272. The van der Waals surface area contributed by atoms with Crippen LogP contribution < -0.4 is 4.90 Å². The lowest BCUT2D eigenvalue weighted by Crippen LogP contribution is -2.49. The fourth-order valence-corrected chi connectivity index (χ4v) is 4.83. The van der Waals surface area contributed by atoms with Gasteiger partial charge in [0.05, 0.1) is 0 Å². The van der Waals surface area contributed by atoms with E-state index in [0.717, 1.165) is 35.0 Å². The predicted octanol–water partition coefficient (Wildman–Crippen LogP) is 3.81. The molecule has 1 aromatic carbocycles. The van der Waals surface area contributed by atoms with Gasteiger partial charge in [-0.3, -0.25) is 10.1 Å². The summed E-state index contributed by atoms with van der Waals surface area (Å²) in [5.41, 5.74) is 2.11. The maximum atomic E-state index is 10.8. The predicted molar refractivity (Wildman–Crippen MR) is 108 cm³/mol. The van der Waals surface area contributed by atoms with Crippen LogP contribution in [0.15, 0.2) is 24.3 Å². The van der Waals surface area contributed by atoms with E-state index in [1.807, 2.05) is 38.4 Å². The zero-order chi connectivity index (χ0) is 17.9. The van der Waals surface area contributed by atoms with E-state index in [1.54, 1.807) is 18.0 Å². The van der Waals surface area contributed by atoms with E-state index in [-0.39, 0.29) is 10.9 Å². The molecule has 0 saturated carbocycles. The summed E-state index contributed by atoms with van der Waals surface area (Å²) >= 11 is 7.20. The number of hydrogen-bond acceptors (Lipinski definition) is 4. The third-order valence-corrected chi connectivity index (χ3v) is 5.83.